The molecule has 8 nitrogen and oxygen atoms in total. The highest BCUT2D eigenvalue weighted by Crippen LogP contribution is 2.33. The number of nitrogens with zero attached hydrogens (tertiary/aromatic N) is 2. The molecule has 4 rings (SSSR count). The summed E-state index contributed by atoms with van der Waals surface area (Å²) in [7, 11) is -3.81. The van der Waals surface area contributed by atoms with Gasteiger partial charge in [-0.2, -0.15) is 4.72 Å². The molecule has 0 bridgehead atoms. The first kappa shape index (κ1) is 23.5. The first-order valence-corrected chi connectivity index (χ1v) is 12.6. The van der Waals surface area contributed by atoms with Crippen LogP contribution in [0, 0.1) is 20.8 Å². The predicted molar refractivity (Wildman–Crippen MR) is 125 cm³/mol. The highest BCUT2D eigenvalue weighted by Gasteiger charge is 2.30. The van der Waals surface area contributed by atoms with Gasteiger partial charge >= 0.3 is 0 Å². The van der Waals surface area contributed by atoms with E-state index in [1.165, 1.54) is 0 Å². The molecule has 1 amide bonds. The fourth-order valence-electron chi connectivity index (χ4n) is 4.63. The lowest BCUT2D eigenvalue weighted by molar-refractivity contribution is -0.134. The van der Waals surface area contributed by atoms with Gasteiger partial charge in [-0.1, -0.05) is 23.8 Å². The number of ether oxygens (including phenoxy) is 2. The zero-order valence-corrected chi connectivity index (χ0v) is 20.4. The van der Waals surface area contributed by atoms with E-state index in [1.807, 2.05) is 37.3 Å². The molecule has 9 heteroatoms. The van der Waals surface area contributed by atoms with Crippen LogP contribution in [0.15, 0.2) is 35.2 Å². The topological polar surface area (TPSA) is 88.2 Å². The van der Waals surface area contributed by atoms with Crippen LogP contribution in [0.25, 0.3) is 0 Å². The van der Waals surface area contributed by atoms with Crippen LogP contribution in [-0.2, 0) is 21.4 Å². The van der Waals surface area contributed by atoms with Gasteiger partial charge in [-0.25, -0.2) is 8.42 Å². The van der Waals surface area contributed by atoms with Crippen LogP contribution < -0.4 is 14.2 Å². The molecule has 33 heavy (non-hydrogen) atoms. The van der Waals surface area contributed by atoms with E-state index in [-0.39, 0.29) is 17.6 Å². The molecule has 2 aliphatic heterocycles. The number of fused-ring (bicyclic) bond motifs is 1. The Morgan fingerprint density at radius 1 is 1.00 bits per heavy atom. The second-order valence-electron chi connectivity index (χ2n) is 8.86. The number of aryl methyl sites for hydroxylation is 3. The molecule has 2 heterocycles. The van der Waals surface area contributed by atoms with Gasteiger partial charge in [0.2, 0.25) is 22.7 Å². The Morgan fingerprint density at radius 2 is 1.64 bits per heavy atom. The molecule has 0 spiro atoms. The minimum atomic E-state index is -3.81. The summed E-state index contributed by atoms with van der Waals surface area (Å²) in [5.41, 5.74) is 3.49. The highest BCUT2D eigenvalue weighted by atomic mass is 32.2. The standard InChI is InChI=1S/C24H31N3O5S/c1-16-11-17(2)23(18(3)12-16)33(29,30)25-19(4)24(28)27-9-7-26(8-10-27)14-20-5-6-21-22(13-20)32-15-31-21/h5-6,11-13,19,25H,7-10,14-15H2,1-4H3. The maximum absolute atomic E-state index is 13.0. The second-order valence-corrected chi connectivity index (χ2v) is 10.5. The van der Waals surface area contributed by atoms with Gasteiger partial charge in [0.15, 0.2) is 11.5 Å². The zero-order chi connectivity index (χ0) is 23.8. The van der Waals surface area contributed by atoms with Gasteiger partial charge in [0.05, 0.1) is 10.9 Å². The Morgan fingerprint density at radius 3 is 2.30 bits per heavy atom. The number of carbonyl (C=O) groups is 1. The molecule has 0 aliphatic carbocycles. The smallest absolute Gasteiger partial charge is 0.241 e. The Kier molecular flexibility index (Phi) is 6.65. The minimum absolute atomic E-state index is 0.205. The van der Waals surface area contributed by atoms with Crippen LogP contribution in [-0.4, -0.2) is 63.1 Å². The van der Waals surface area contributed by atoms with Crippen molar-refractivity contribution in [2.24, 2.45) is 0 Å². The van der Waals surface area contributed by atoms with E-state index in [0.29, 0.717) is 24.2 Å². The number of sulfonamides is 1. The van der Waals surface area contributed by atoms with E-state index in [9.17, 15) is 13.2 Å². The number of hydrogen-bond donors (Lipinski definition) is 1. The van der Waals surface area contributed by atoms with Gasteiger partial charge in [0.25, 0.3) is 0 Å². The van der Waals surface area contributed by atoms with Gasteiger partial charge in [-0.05, 0) is 56.5 Å². The lowest BCUT2D eigenvalue weighted by Gasteiger charge is -2.36. The van der Waals surface area contributed by atoms with Crippen molar-refractivity contribution >= 4 is 15.9 Å². The average molecular weight is 474 g/mol. The number of benzene rings is 2. The molecule has 178 valence electrons. The summed E-state index contributed by atoms with van der Waals surface area (Å²) >= 11 is 0. The third-order valence-electron chi connectivity index (χ3n) is 6.10. The summed E-state index contributed by atoms with van der Waals surface area (Å²) in [4.78, 5) is 17.2. The van der Waals surface area contributed by atoms with Crippen LogP contribution >= 0.6 is 0 Å². The first-order chi connectivity index (χ1) is 15.6. The molecular formula is C24H31N3O5S. The fraction of sp³-hybridized carbons (Fsp3) is 0.458. The van der Waals surface area contributed by atoms with Gasteiger partial charge in [0, 0.05) is 32.7 Å². The molecule has 2 aromatic carbocycles. The van der Waals surface area contributed by atoms with E-state index in [2.05, 4.69) is 9.62 Å². The van der Waals surface area contributed by atoms with Crippen LogP contribution in [0.5, 0.6) is 11.5 Å². The second kappa shape index (κ2) is 9.32. The lowest BCUT2D eigenvalue weighted by atomic mass is 10.1. The van der Waals surface area contributed by atoms with E-state index in [4.69, 9.17) is 9.47 Å². The van der Waals surface area contributed by atoms with Crippen LogP contribution in [0.2, 0.25) is 0 Å². The number of carbonyl (C=O) groups excluding carboxylic acids is 1. The third-order valence-corrected chi connectivity index (χ3v) is 7.95. The normalized spacial score (nSPS) is 17.3. The Hall–Kier alpha value is -2.62. The maximum Gasteiger partial charge on any atom is 0.241 e. The van der Waals surface area contributed by atoms with Crippen molar-refractivity contribution in [3.8, 4) is 11.5 Å². The van der Waals surface area contributed by atoms with Crippen LogP contribution in [0.3, 0.4) is 0 Å². The van der Waals surface area contributed by atoms with Crippen molar-refractivity contribution in [1.82, 2.24) is 14.5 Å². The fourth-order valence-corrected chi connectivity index (χ4v) is 6.28. The quantitative estimate of drug-likeness (QED) is 0.693. The summed E-state index contributed by atoms with van der Waals surface area (Å²) in [5.74, 6) is 1.33. The Bertz CT molecular complexity index is 1130. The molecule has 0 aromatic heterocycles. The summed E-state index contributed by atoms with van der Waals surface area (Å²) in [5, 5.41) is 0. The molecule has 1 unspecified atom stereocenters. The summed E-state index contributed by atoms with van der Waals surface area (Å²) in [6.45, 7) is 10.7. The first-order valence-electron chi connectivity index (χ1n) is 11.1. The van der Waals surface area contributed by atoms with Gasteiger partial charge in [-0.3, -0.25) is 9.69 Å². The molecule has 1 saturated heterocycles. The number of nitrogens with one attached hydrogen (secondary N) is 1. The summed E-state index contributed by atoms with van der Waals surface area (Å²) in [6, 6.07) is 8.78. The van der Waals surface area contributed by atoms with Crippen LogP contribution in [0.4, 0.5) is 0 Å². The molecule has 2 aromatic rings. The molecule has 1 fully saturated rings. The van der Waals surface area contributed by atoms with Crippen molar-refractivity contribution < 1.29 is 22.7 Å². The number of hydrogen-bond acceptors (Lipinski definition) is 6. The van der Waals surface area contributed by atoms with Crippen molar-refractivity contribution in [3.05, 3.63) is 52.6 Å². The van der Waals surface area contributed by atoms with Crippen molar-refractivity contribution in [2.75, 3.05) is 33.0 Å². The van der Waals surface area contributed by atoms with E-state index < -0.39 is 16.1 Å². The van der Waals surface area contributed by atoms with Gasteiger partial charge < -0.3 is 14.4 Å². The summed E-state index contributed by atoms with van der Waals surface area (Å²) < 4.78 is 39.4. The van der Waals surface area contributed by atoms with Crippen molar-refractivity contribution in [1.29, 1.82) is 0 Å². The molecular weight excluding hydrogens is 442 g/mol. The summed E-state index contributed by atoms with van der Waals surface area (Å²) in [6.07, 6.45) is 0. The third kappa shape index (κ3) is 5.15. The zero-order valence-electron chi connectivity index (χ0n) is 19.6. The maximum atomic E-state index is 13.0. The Labute approximate surface area is 195 Å². The van der Waals surface area contributed by atoms with Crippen molar-refractivity contribution in [2.45, 2.75) is 45.2 Å². The monoisotopic (exact) mass is 473 g/mol. The van der Waals surface area contributed by atoms with Gasteiger partial charge in [0.1, 0.15) is 0 Å². The minimum Gasteiger partial charge on any atom is -0.454 e. The largest absolute Gasteiger partial charge is 0.454 e. The van der Waals surface area contributed by atoms with Crippen molar-refractivity contribution in [3.63, 3.8) is 0 Å². The van der Waals surface area contributed by atoms with E-state index >= 15 is 0 Å². The Balaban J connectivity index is 1.33. The van der Waals surface area contributed by atoms with E-state index in [0.717, 1.165) is 42.3 Å². The number of rotatable bonds is 6. The van der Waals surface area contributed by atoms with Crippen LogP contribution in [0.1, 0.15) is 29.2 Å². The molecule has 0 radical (unpaired) electrons. The average Bonchev–Trinajstić information content (AvgIpc) is 3.20. The van der Waals surface area contributed by atoms with E-state index in [1.54, 1.807) is 25.7 Å². The lowest BCUT2D eigenvalue weighted by Crippen LogP contribution is -2.53. The SMILES string of the molecule is Cc1cc(C)c(S(=O)(=O)NC(C)C(=O)N2CCN(Cc3ccc4c(c3)OCO4)CC2)c(C)c1. The molecule has 1 N–H and O–H groups in total. The predicted octanol–water partition coefficient (Wildman–Crippen LogP) is 2.35. The number of piperazine rings is 1. The molecule has 1 atom stereocenters. The van der Waals surface area contributed by atoms with Gasteiger partial charge in [-0.15, -0.1) is 0 Å². The molecule has 0 saturated carbocycles. The molecule has 2 aliphatic rings. The highest BCUT2D eigenvalue weighted by molar-refractivity contribution is 7.89. The number of amides is 1.